The highest BCUT2D eigenvalue weighted by molar-refractivity contribution is 6.22. The van der Waals surface area contributed by atoms with E-state index in [2.05, 4.69) is 16.2 Å². The van der Waals surface area contributed by atoms with Crippen LogP contribution in [0.1, 0.15) is 24.8 Å². The number of carbonyl (C=O) groups excluding carboxylic acids is 4. The molecule has 4 rings (SSSR count). The first-order valence-electron chi connectivity index (χ1n) is 11.0. The smallest absolute Gasteiger partial charge is 0.307 e. The number of aryl methyl sites for hydroxylation is 1. The van der Waals surface area contributed by atoms with Crippen molar-refractivity contribution in [2.24, 2.45) is 5.92 Å². The maximum Gasteiger partial charge on any atom is 0.337 e. The van der Waals surface area contributed by atoms with Crippen molar-refractivity contribution in [3.8, 4) is 0 Å². The van der Waals surface area contributed by atoms with Crippen LogP contribution in [0.5, 0.6) is 0 Å². The van der Waals surface area contributed by atoms with Crippen LogP contribution in [0.2, 0.25) is 0 Å². The van der Waals surface area contributed by atoms with Gasteiger partial charge in [0.1, 0.15) is 0 Å². The Morgan fingerprint density at radius 2 is 1.70 bits per heavy atom. The van der Waals surface area contributed by atoms with Crippen molar-refractivity contribution < 1.29 is 19.2 Å². The third-order valence-electron chi connectivity index (χ3n) is 6.01. The van der Waals surface area contributed by atoms with Crippen molar-refractivity contribution in [3.05, 3.63) is 60.2 Å². The van der Waals surface area contributed by atoms with Gasteiger partial charge in [-0.15, -0.1) is 0 Å². The van der Waals surface area contributed by atoms with Crippen LogP contribution >= 0.6 is 0 Å². The highest BCUT2D eigenvalue weighted by Crippen LogP contribution is 2.29. The number of anilines is 2. The van der Waals surface area contributed by atoms with E-state index in [0.717, 1.165) is 12.0 Å². The van der Waals surface area contributed by atoms with Crippen LogP contribution in [0, 0.1) is 12.8 Å². The zero-order valence-electron chi connectivity index (χ0n) is 18.4. The van der Waals surface area contributed by atoms with Gasteiger partial charge in [-0.1, -0.05) is 35.9 Å². The molecule has 5 amide bonds. The SMILES string of the molecule is Cc1ccc(N2C(=O)C[C@@H](N3CCC[C@H](C(=O)NNC(=O)Nc4ccccc4)C3)C2=O)cc1. The third-order valence-corrected chi connectivity index (χ3v) is 6.01. The second kappa shape index (κ2) is 9.83. The van der Waals surface area contributed by atoms with Gasteiger partial charge in [0.15, 0.2) is 0 Å². The fraction of sp³-hybridized carbons (Fsp3) is 0.333. The predicted octanol–water partition coefficient (Wildman–Crippen LogP) is 2.19. The van der Waals surface area contributed by atoms with E-state index >= 15 is 0 Å². The zero-order valence-corrected chi connectivity index (χ0v) is 18.4. The van der Waals surface area contributed by atoms with Crippen LogP contribution < -0.4 is 21.1 Å². The molecule has 0 radical (unpaired) electrons. The number of rotatable bonds is 4. The number of carbonyl (C=O) groups is 4. The molecule has 2 aliphatic heterocycles. The molecule has 2 aromatic carbocycles. The average Bonchev–Trinajstić information content (AvgIpc) is 3.12. The van der Waals surface area contributed by atoms with Crippen LogP contribution in [0.4, 0.5) is 16.2 Å². The Hall–Kier alpha value is -3.72. The number of hydrazine groups is 1. The van der Waals surface area contributed by atoms with E-state index in [0.29, 0.717) is 30.9 Å². The topological polar surface area (TPSA) is 111 Å². The molecule has 2 heterocycles. The summed E-state index contributed by atoms with van der Waals surface area (Å²) < 4.78 is 0. The Morgan fingerprint density at radius 3 is 2.42 bits per heavy atom. The maximum atomic E-state index is 13.1. The zero-order chi connectivity index (χ0) is 23.4. The molecule has 2 aliphatic rings. The number of imide groups is 1. The normalized spacial score (nSPS) is 21.1. The Morgan fingerprint density at radius 1 is 0.970 bits per heavy atom. The van der Waals surface area contributed by atoms with Gasteiger partial charge in [-0.05, 0) is 50.6 Å². The van der Waals surface area contributed by atoms with Crippen molar-refractivity contribution in [1.82, 2.24) is 15.8 Å². The highest BCUT2D eigenvalue weighted by atomic mass is 16.2. The van der Waals surface area contributed by atoms with Crippen molar-refractivity contribution in [2.75, 3.05) is 23.3 Å². The van der Waals surface area contributed by atoms with Gasteiger partial charge < -0.3 is 5.32 Å². The minimum atomic E-state index is -0.580. The molecule has 0 bridgehead atoms. The fourth-order valence-corrected chi connectivity index (χ4v) is 4.27. The lowest BCUT2D eigenvalue weighted by molar-refractivity contribution is -0.130. The van der Waals surface area contributed by atoms with E-state index in [9.17, 15) is 19.2 Å². The summed E-state index contributed by atoms with van der Waals surface area (Å²) in [5.74, 6) is -1.22. The molecular weight excluding hydrogens is 422 g/mol. The number of urea groups is 1. The van der Waals surface area contributed by atoms with Gasteiger partial charge in [-0.2, -0.15) is 0 Å². The number of likely N-dealkylation sites (tertiary alicyclic amines) is 1. The molecule has 0 aliphatic carbocycles. The number of para-hydroxylation sites is 1. The van der Waals surface area contributed by atoms with Crippen LogP contribution in [-0.4, -0.2) is 47.8 Å². The predicted molar refractivity (Wildman–Crippen MR) is 123 cm³/mol. The molecule has 33 heavy (non-hydrogen) atoms. The second-order valence-electron chi connectivity index (χ2n) is 8.39. The summed E-state index contributed by atoms with van der Waals surface area (Å²) in [6, 6.07) is 15.0. The van der Waals surface area contributed by atoms with Gasteiger partial charge in [0.2, 0.25) is 11.8 Å². The van der Waals surface area contributed by atoms with E-state index in [1.54, 1.807) is 36.4 Å². The molecule has 2 aromatic rings. The van der Waals surface area contributed by atoms with E-state index in [-0.39, 0.29) is 24.1 Å². The van der Waals surface area contributed by atoms with Crippen molar-refractivity contribution in [3.63, 3.8) is 0 Å². The third kappa shape index (κ3) is 5.20. The molecule has 0 saturated carbocycles. The molecule has 3 N–H and O–H groups in total. The van der Waals surface area contributed by atoms with Crippen molar-refractivity contribution in [2.45, 2.75) is 32.2 Å². The molecule has 0 spiro atoms. The average molecular weight is 450 g/mol. The molecule has 2 saturated heterocycles. The van der Waals surface area contributed by atoms with E-state index in [4.69, 9.17) is 0 Å². The summed E-state index contributed by atoms with van der Waals surface area (Å²) >= 11 is 0. The summed E-state index contributed by atoms with van der Waals surface area (Å²) in [5, 5.41) is 2.63. The van der Waals surface area contributed by atoms with E-state index < -0.39 is 18.0 Å². The molecule has 172 valence electrons. The molecule has 2 atom stereocenters. The molecule has 0 aromatic heterocycles. The summed E-state index contributed by atoms with van der Waals surface area (Å²) in [6.45, 7) is 2.93. The van der Waals surface area contributed by atoms with Crippen LogP contribution in [0.15, 0.2) is 54.6 Å². The lowest BCUT2D eigenvalue weighted by atomic mass is 9.95. The minimum Gasteiger partial charge on any atom is -0.307 e. The largest absolute Gasteiger partial charge is 0.337 e. The van der Waals surface area contributed by atoms with Crippen molar-refractivity contribution in [1.29, 1.82) is 0 Å². The number of amides is 5. The lowest BCUT2D eigenvalue weighted by Crippen LogP contribution is -2.52. The molecule has 0 unspecified atom stereocenters. The Balaban J connectivity index is 1.32. The first kappa shape index (κ1) is 22.5. The number of nitrogens with zero attached hydrogens (tertiary/aromatic N) is 2. The molecular formula is C24H27N5O4. The van der Waals surface area contributed by atoms with Gasteiger partial charge in [0, 0.05) is 12.2 Å². The number of piperidine rings is 1. The molecule has 2 fully saturated rings. The summed E-state index contributed by atoms with van der Waals surface area (Å²) in [5.41, 5.74) is 7.04. The van der Waals surface area contributed by atoms with Gasteiger partial charge in [0.25, 0.3) is 5.91 Å². The summed E-state index contributed by atoms with van der Waals surface area (Å²) in [7, 11) is 0. The van der Waals surface area contributed by atoms with E-state index in [1.807, 2.05) is 30.0 Å². The lowest BCUT2D eigenvalue weighted by Gasteiger charge is -2.34. The van der Waals surface area contributed by atoms with Crippen molar-refractivity contribution >= 4 is 35.1 Å². The molecule has 9 nitrogen and oxygen atoms in total. The van der Waals surface area contributed by atoms with E-state index in [1.165, 1.54) is 4.90 Å². The first-order valence-corrected chi connectivity index (χ1v) is 11.0. The second-order valence-corrected chi connectivity index (χ2v) is 8.39. The number of nitrogens with one attached hydrogen (secondary N) is 3. The number of hydrogen-bond donors (Lipinski definition) is 3. The standard InChI is InChI=1S/C24H27N5O4/c1-16-9-11-19(12-10-16)29-21(30)14-20(23(29)32)28-13-5-6-17(15-28)22(31)26-27-24(33)25-18-7-3-2-4-8-18/h2-4,7-12,17,20H,5-6,13-15H2,1H3,(H,26,31)(H2,25,27,33)/t17-,20+/m0/s1. The fourth-order valence-electron chi connectivity index (χ4n) is 4.27. The van der Waals surface area contributed by atoms with Crippen LogP contribution in [-0.2, 0) is 14.4 Å². The monoisotopic (exact) mass is 449 g/mol. The molecule has 9 heteroatoms. The summed E-state index contributed by atoms with van der Waals surface area (Å²) in [4.78, 5) is 53.5. The van der Waals surface area contributed by atoms with Crippen LogP contribution in [0.3, 0.4) is 0 Å². The Kier molecular flexibility index (Phi) is 6.69. The maximum absolute atomic E-state index is 13.1. The van der Waals surface area contributed by atoms with Crippen LogP contribution in [0.25, 0.3) is 0 Å². The van der Waals surface area contributed by atoms with Gasteiger partial charge in [-0.3, -0.25) is 24.7 Å². The van der Waals surface area contributed by atoms with Gasteiger partial charge in [0.05, 0.1) is 24.1 Å². The Bertz CT molecular complexity index is 1040. The highest BCUT2D eigenvalue weighted by Gasteiger charge is 2.44. The number of benzene rings is 2. The number of hydrogen-bond acceptors (Lipinski definition) is 5. The minimum absolute atomic E-state index is 0.0960. The first-order chi connectivity index (χ1) is 15.9. The Labute approximate surface area is 192 Å². The van der Waals surface area contributed by atoms with Gasteiger partial charge in [-0.25, -0.2) is 15.1 Å². The summed E-state index contributed by atoms with van der Waals surface area (Å²) in [6.07, 6.45) is 1.45. The van der Waals surface area contributed by atoms with Gasteiger partial charge >= 0.3 is 6.03 Å². The quantitative estimate of drug-likeness (QED) is 0.490.